The molecule has 1 N–H and O–H groups in total. The number of thiol groups is 1. The van der Waals surface area contributed by atoms with Gasteiger partial charge in [-0.1, -0.05) is 19.1 Å². The lowest BCUT2D eigenvalue weighted by Crippen LogP contribution is -2.14. The highest BCUT2D eigenvalue weighted by Gasteiger charge is 2.16. The minimum absolute atomic E-state index is 0.0204. The molecule has 0 saturated heterocycles. The Hall–Kier alpha value is -1.29. The van der Waals surface area contributed by atoms with Gasteiger partial charge in [0.2, 0.25) is 0 Å². The summed E-state index contributed by atoms with van der Waals surface area (Å²) in [4.78, 5) is 22.9. The predicted molar refractivity (Wildman–Crippen MR) is 59.4 cm³/mol. The second-order valence-electron chi connectivity index (χ2n) is 3.42. The Morgan fingerprint density at radius 1 is 1.47 bits per heavy atom. The number of carbonyl (C=O) groups is 2. The summed E-state index contributed by atoms with van der Waals surface area (Å²) in [5, 5.41) is 8.67. The summed E-state index contributed by atoms with van der Waals surface area (Å²) in [5.74, 6) is -1.77. The normalized spacial score (nSPS) is 12.1. The van der Waals surface area contributed by atoms with Crippen LogP contribution < -0.4 is 0 Å². The van der Waals surface area contributed by atoms with Crippen LogP contribution in [0.5, 0.6) is 0 Å². The van der Waals surface area contributed by atoms with Crippen molar-refractivity contribution in [1.29, 1.82) is 0 Å². The van der Waals surface area contributed by atoms with Crippen LogP contribution in [0.25, 0.3) is 0 Å². The Balaban J connectivity index is 2.73. The molecule has 1 aromatic carbocycles. The van der Waals surface area contributed by atoms with E-state index in [1.807, 2.05) is 0 Å². The number of hydrogen-bond donors (Lipinski definition) is 2. The van der Waals surface area contributed by atoms with Gasteiger partial charge in [-0.25, -0.2) is 0 Å². The van der Waals surface area contributed by atoms with Crippen molar-refractivity contribution in [3.63, 3.8) is 0 Å². The Morgan fingerprint density at radius 2 is 2.13 bits per heavy atom. The number of rotatable bonds is 4. The van der Waals surface area contributed by atoms with Gasteiger partial charge in [-0.05, 0) is 12.1 Å². The van der Waals surface area contributed by atoms with Crippen molar-refractivity contribution in [1.82, 2.24) is 0 Å². The van der Waals surface area contributed by atoms with Crippen LogP contribution in [0.1, 0.15) is 23.7 Å². The highest BCUT2D eigenvalue weighted by atomic mass is 32.1. The molecule has 0 aliphatic rings. The number of carboxylic acids is 1. The average molecular weight is 224 g/mol. The van der Waals surface area contributed by atoms with Crippen molar-refractivity contribution in [2.45, 2.75) is 18.2 Å². The van der Waals surface area contributed by atoms with Crippen LogP contribution in [0.3, 0.4) is 0 Å². The maximum atomic E-state index is 11.6. The van der Waals surface area contributed by atoms with E-state index in [1.54, 1.807) is 24.3 Å². The summed E-state index contributed by atoms with van der Waals surface area (Å²) in [5.41, 5.74) is 0.510. The molecule has 0 radical (unpaired) electrons. The Kier molecular flexibility index (Phi) is 3.91. The number of carbonyl (C=O) groups excluding carboxylic acids is 1. The third kappa shape index (κ3) is 3.40. The topological polar surface area (TPSA) is 54.4 Å². The number of hydrogen-bond acceptors (Lipinski definition) is 3. The Morgan fingerprint density at radius 3 is 2.67 bits per heavy atom. The first kappa shape index (κ1) is 11.8. The number of benzene rings is 1. The van der Waals surface area contributed by atoms with Crippen LogP contribution in [-0.2, 0) is 4.79 Å². The Labute approximate surface area is 93.5 Å². The van der Waals surface area contributed by atoms with E-state index in [-0.39, 0.29) is 12.2 Å². The van der Waals surface area contributed by atoms with Crippen molar-refractivity contribution < 1.29 is 14.7 Å². The van der Waals surface area contributed by atoms with Crippen LogP contribution in [0.2, 0.25) is 0 Å². The maximum Gasteiger partial charge on any atom is 0.306 e. The molecular formula is C11H12O3S. The van der Waals surface area contributed by atoms with E-state index in [9.17, 15) is 9.59 Å². The number of carboxylic acid groups (broad SMARTS) is 1. The summed E-state index contributed by atoms with van der Waals surface area (Å²) in [6.45, 7) is 1.52. The zero-order valence-corrected chi connectivity index (χ0v) is 9.20. The highest BCUT2D eigenvalue weighted by molar-refractivity contribution is 7.80. The van der Waals surface area contributed by atoms with Gasteiger partial charge in [0.25, 0.3) is 0 Å². The van der Waals surface area contributed by atoms with E-state index in [1.165, 1.54) is 6.92 Å². The van der Waals surface area contributed by atoms with Crippen LogP contribution in [0, 0.1) is 5.92 Å². The number of Topliss-reactive ketones (excluding diaryl/α,β-unsaturated/α-hetero) is 1. The van der Waals surface area contributed by atoms with Crippen molar-refractivity contribution in [3.05, 3.63) is 29.8 Å². The molecule has 0 aliphatic heterocycles. The van der Waals surface area contributed by atoms with Crippen LogP contribution >= 0.6 is 12.6 Å². The SMILES string of the molecule is CC(CC(=O)c1cccc(S)c1)C(=O)O. The first-order valence-corrected chi connectivity index (χ1v) is 5.00. The molecule has 15 heavy (non-hydrogen) atoms. The summed E-state index contributed by atoms with van der Waals surface area (Å²) >= 11 is 4.11. The molecule has 0 fully saturated rings. The Bertz CT molecular complexity index is 387. The minimum atomic E-state index is -0.953. The van der Waals surface area contributed by atoms with Gasteiger partial charge in [-0.2, -0.15) is 0 Å². The molecule has 80 valence electrons. The molecule has 1 aromatic rings. The molecule has 0 aliphatic carbocycles. The second-order valence-corrected chi connectivity index (χ2v) is 3.93. The highest BCUT2D eigenvalue weighted by Crippen LogP contribution is 2.13. The van der Waals surface area contributed by atoms with Gasteiger partial charge >= 0.3 is 5.97 Å². The quantitative estimate of drug-likeness (QED) is 0.609. The predicted octanol–water partition coefficient (Wildman–Crippen LogP) is 2.27. The maximum absolute atomic E-state index is 11.6. The van der Waals surface area contributed by atoms with Crippen molar-refractivity contribution >= 4 is 24.4 Å². The molecule has 4 heteroatoms. The lowest BCUT2D eigenvalue weighted by molar-refractivity contribution is -0.141. The van der Waals surface area contributed by atoms with E-state index in [0.29, 0.717) is 10.5 Å². The van der Waals surface area contributed by atoms with E-state index in [0.717, 1.165) is 0 Å². The van der Waals surface area contributed by atoms with E-state index in [4.69, 9.17) is 5.11 Å². The molecule has 0 aromatic heterocycles. The minimum Gasteiger partial charge on any atom is -0.481 e. The summed E-state index contributed by atoms with van der Waals surface area (Å²) in [6, 6.07) is 6.79. The molecule has 0 saturated carbocycles. The van der Waals surface area contributed by atoms with Crippen molar-refractivity contribution in [3.8, 4) is 0 Å². The number of aliphatic carboxylic acids is 1. The molecule has 1 rings (SSSR count). The molecule has 0 spiro atoms. The van der Waals surface area contributed by atoms with E-state index in [2.05, 4.69) is 12.6 Å². The molecule has 1 atom stereocenters. The van der Waals surface area contributed by atoms with Crippen LogP contribution in [0.4, 0.5) is 0 Å². The van der Waals surface area contributed by atoms with Gasteiger partial charge in [-0.15, -0.1) is 12.6 Å². The molecule has 0 bridgehead atoms. The molecule has 1 unspecified atom stereocenters. The van der Waals surface area contributed by atoms with Crippen molar-refractivity contribution in [2.24, 2.45) is 5.92 Å². The first-order chi connectivity index (χ1) is 7.00. The summed E-state index contributed by atoms with van der Waals surface area (Å²) in [6.07, 6.45) is 0.0204. The fourth-order valence-corrected chi connectivity index (χ4v) is 1.39. The van der Waals surface area contributed by atoms with Crippen molar-refractivity contribution in [2.75, 3.05) is 0 Å². The van der Waals surface area contributed by atoms with Gasteiger partial charge in [0.15, 0.2) is 5.78 Å². The molecule has 0 amide bonds. The second kappa shape index (κ2) is 4.98. The fraction of sp³-hybridized carbons (Fsp3) is 0.273. The fourth-order valence-electron chi connectivity index (χ4n) is 1.16. The first-order valence-electron chi connectivity index (χ1n) is 4.55. The third-order valence-electron chi connectivity index (χ3n) is 2.08. The lowest BCUT2D eigenvalue weighted by atomic mass is 10.00. The van der Waals surface area contributed by atoms with Gasteiger partial charge in [0, 0.05) is 16.9 Å². The van der Waals surface area contributed by atoms with Gasteiger partial charge in [-0.3, -0.25) is 9.59 Å². The van der Waals surface area contributed by atoms with Gasteiger partial charge in [0.1, 0.15) is 0 Å². The monoisotopic (exact) mass is 224 g/mol. The zero-order valence-electron chi connectivity index (χ0n) is 8.30. The third-order valence-corrected chi connectivity index (χ3v) is 2.36. The van der Waals surface area contributed by atoms with E-state index < -0.39 is 11.9 Å². The molecular weight excluding hydrogens is 212 g/mol. The summed E-state index contributed by atoms with van der Waals surface area (Å²) in [7, 11) is 0. The largest absolute Gasteiger partial charge is 0.481 e. The van der Waals surface area contributed by atoms with Crippen LogP contribution in [-0.4, -0.2) is 16.9 Å². The average Bonchev–Trinajstić information content (AvgIpc) is 2.17. The lowest BCUT2D eigenvalue weighted by Gasteiger charge is -2.05. The summed E-state index contributed by atoms with van der Waals surface area (Å²) < 4.78 is 0. The smallest absolute Gasteiger partial charge is 0.306 e. The van der Waals surface area contributed by atoms with Gasteiger partial charge in [0.05, 0.1) is 5.92 Å². The van der Waals surface area contributed by atoms with Crippen LogP contribution in [0.15, 0.2) is 29.2 Å². The standard InChI is InChI=1S/C11H12O3S/c1-7(11(13)14)5-10(12)8-3-2-4-9(15)6-8/h2-4,6-7,15H,5H2,1H3,(H,13,14). The zero-order chi connectivity index (χ0) is 11.4. The molecule has 0 heterocycles. The van der Waals surface area contributed by atoms with E-state index >= 15 is 0 Å². The molecule has 3 nitrogen and oxygen atoms in total. The number of ketones is 1. The van der Waals surface area contributed by atoms with Gasteiger partial charge < -0.3 is 5.11 Å².